The number of hydrogen-bond donors (Lipinski definition) is 1. The molecule has 1 aliphatic heterocycles. The van der Waals surface area contributed by atoms with Gasteiger partial charge >= 0.3 is 0 Å². The van der Waals surface area contributed by atoms with E-state index in [1.807, 2.05) is 11.8 Å². The fourth-order valence-electron chi connectivity index (χ4n) is 2.16. The van der Waals surface area contributed by atoms with Crippen LogP contribution in [0, 0.1) is 0 Å². The normalized spacial score (nSPS) is 18.7. The second-order valence-electron chi connectivity index (χ2n) is 4.69. The molecule has 0 radical (unpaired) electrons. The highest BCUT2D eigenvalue weighted by molar-refractivity contribution is 7.85. The SMILES string of the molecule is CC(C(=O)c1ccc(S(=O)(=O)O)cc1)N1CCOCC1. The van der Waals surface area contributed by atoms with Crippen LogP contribution in [0.5, 0.6) is 0 Å². The molecule has 1 heterocycles. The average molecular weight is 299 g/mol. The van der Waals surface area contributed by atoms with Crippen molar-refractivity contribution in [2.45, 2.75) is 17.9 Å². The van der Waals surface area contributed by atoms with E-state index in [2.05, 4.69) is 0 Å². The molecule has 1 aromatic rings. The van der Waals surface area contributed by atoms with Crippen LogP contribution in [0.4, 0.5) is 0 Å². The third-order valence-electron chi connectivity index (χ3n) is 3.41. The number of benzene rings is 1. The molecule has 110 valence electrons. The predicted octanol–water partition coefficient (Wildman–Crippen LogP) is 0.837. The highest BCUT2D eigenvalue weighted by Crippen LogP contribution is 2.14. The lowest BCUT2D eigenvalue weighted by Gasteiger charge is -2.31. The summed E-state index contributed by atoms with van der Waals surface area (Å²) in [5, 5.41) is 0. The van der Waals surface area contributed by atoms with Crippen LogP contribution in [0.2, 0.25) is 0 Å². The molecule has 1 fully saturated rings. The van der Waals surface area contributed by atoms with Crippen molar-refractivity contribution in [2.24, 2.45) is 0 Å². The Morgan fingerprint density at radius 3 is 2.30 bits per heavy atom. The molecule has 0 amide bonds. The highest BCUT2D eigenvalue weighted by Gasteiger charge is 2.24. The minimum Gasteiger partial charge on any atom is -0.379 e. The summed E-state index contributed by atoms with van der Waals surface area (Å²) in [5.41, 5.74) is 0.427. The van der Waals surface area contributed by atoms with Crippen LogP contribution in [0.25, 0.3) is 0 Å². The molecule has 0 aromatic heterocycles. The van der Waals surface area contributed by atoms with Gasteiger partial charge in [-0.15, -0.1) is 0 Å². The van der Waals surface area contributed by atoms with Crippen molar-refractivity contribution in [3.63, 3.8) is 0 Å². The fraction of sp³-hybridized carbons (Fsp3) is 0.462. The molecule has 1 atom stereocenters. The van der Waals surface area contributed by atoms with E-state index < -0.39 is 10.1 Å². The first-order chi connectivity index (χ1) is 9.39. The van der Waals surface area contributed by atoms with Gasteiger partial charge in [-0.25, -0.2) is 0 Å². The summed E-state index contributed by atoms with van der Waals surface area (Å²) in [6.45, 7) is 4.45. The fourth-order valence-corrected chi connectivity index (χ4v) is 2.64. The molecule has 1 unspecified atom stereocenters. The Hall–Kier alpha value is -1.28. The van der Waals surface area contributed by atoms with Crippen LogP contribution in [0.15, 0.2) is 29.2 Å². The van der Waals surface area contributed by atoms with Gasteiger partial charge in [0.1, 0.15) is 0 Å². The Kier molecular flexibility index (Phi) is 4.54. The van der Waals surface area contributed by atoms with Gasteiger partial charge in [0.25, 0.3) is 10.1 Å². The lowest BCUT2D eigenvalue weighted by atomic mass is 10.0. The summed E-state index contributed by atoms with van der Waals surface area (Å²) in [6.07, 6.45) is 0. The molecule has 7 heteroatoms. The second-order valence-corrected chi connectivity index (χ2v) is 6.11. The van der Waals surface area contributed by atoms with E-state index in [4.69, 9.17) is 9.29 Å². The zero-order valence-electron chi connectivity index (χ0n) is 11.2. The summed E-state index contributed by atoms with van der Waals surface area (Å²) < 4.78 is 36.0. The largest absolute Gasteiger partial charge is 0.379 e. The zero-order chi connectivity index (χ0) is 14.8. The minimum absolute atomic E-state index is 0.0752. The Morgan fingerprint density at radius 2 is 1.80 bits per heavy atom. The number of hydrogen-bond acceptors (Lipinski definition) is 5. The van der Waals surface area contributed by atoms with Gasteiger partial charge in [0, 0.05) is 18.7 Å². The third kappa shape index (κ3) is 3.43. The molecular formula is C13H17NO5S. The molecule has 1 N–H and O–H groups in total. The Balaban J connectivity index is 2.12. The van der Waals surface area contributed by atoms with Crippen LogP contribution in [-0.4, -0.2) is 56.0 Å². The number of rotatable bonds is 4. The Labute approximate surface area is 118 Å². The van der Waals surface area contributed by atoms with Gasteiger partial charge in [-0.3, -0.25) is 14.2 Å². The van der Waals surface area contributed by atoms with Crippen molar-refractivity contribution in [3.8, 4) is 0 Å². The maximum absolute atomic E-state index is 12.3. The van der Waals surface area contributed by atoms with Gasteiger partial charge < -0.3 is 4.74 Å². The van der Waals surface area contributed by atoms with Gasteiger partial charge in [-0.1, -0.05) is 0 Å². The summed E-state index contributed by atoms with van der Waals surface area (Å²) in [6, 6.07) is 5.02. The lowest BCUT2D eigenvalue weighted by molar-refractivity contribution is 0.0208. The first kappa shape index (κ1) is 15.1. The molecule has 0 bridgehead atoms. The molecule has 1 saturated heterocycles. The van der Waals surface area contributed by atoms with Crippen molar-refractivity contribution in [1.29, 1.82) is 0 Å². The van der Waals surface area contributed by atoms with Crippen molar-refractivity contribution < 1.29 is 22.5 Å². The van der Waals surface area contributed by atoms with Gasteiger partial charge in [0.2, 0.25) is 0 Å². The van der Waals surface area contributed by atoms with E-state index in [9.17, 15) is 13.2 Å². The number of morpholine rings is 1. The number of carbonyl (C=O) groups is 1. The first-order valence-electron chi connectivity index (χ1n) is 6.33. The van der Waals surface area contributed by atoms with E-state index in [0.717, 1.165) is 0 Å². The van der Waals surface area contributed by atoms with Crippen LogP contribution in [-0.2, 0) is 14.9 Å². The molecule has 0 aliphatic carbocycles. The Bertz CT molecular complexity index is 575. The van der Waals surface area contributed by atoms with E-state index in [1.165, 1.54) is 24.3 Å². The standard InChI is InChI=1S/C13H17NO5S/c1-10(14-6-8-19-9-7-14)13(15)11-2-4-12(5-3-11)20(16,17)18/h2-5,10H,6-9H2,1H3,(H,16,17,18). The number of ether oxygens (including phenoxy) is 1. The van der Waals surface area contributed by atoms with Crippen molar-refractivity contribution in [1.82, 2.24) is 4.90 Å². The van der Waals surface area contributed by atoms with Crippen molar-refractivity contribution in [2.75, 3.05) is 26.3 Å². The van der Waals surface area contributed by atoms with Gasteiger partial charge in [0.15, 0.2) is 5.78 Å². The third-order valence-corrected chi connectivity index (χ3v) is 4.28. The Morgan fingerprint density at radius 1 is 1.25 bits per heavy atom. The molecular weight excluding hydrogens is 282 g/mol. The lowest BCUT2D eigenvalue weighted by Crippen LogP contribution is -2.45. The van der Waals surface area contributed by atoms with Crippen LogP contribution in [0.1, 0.15) is 17.3 Å². The van der Waals surface area contributed by atoms with Gasteiger partial charge in [-0.2, -0.15) is 8.42 Å². The van der Waals surface area contributed by atoms with Crippen molar-refractivity contribution in [3.05, 3.63) is 29.8 Å². The molecule has 0 spiro atoms. The van der Waals surface area contributed by atoms with Crippen molar-refractivity contribution >= 4 is 15.9 Å². The number of Topliss-reactive ketones (excluding diaryl/α,β-unsaturated/α-hetero) is 1. The molecule has 1 aromatic carbocycles. The summed E-state index contributed by atoms with van der Waals surface area (Å²) >= 11 is 0. The monoisotopic (exact) mass is 299 g/mol. The maximum atomic E-state index is 12.3. The van der Waals surface area contributed by atoms with E-state index in [-0.39, 0.29) is 16.7 Å². The topological polar surface area (TPSA) is 83.9 Å². The van der Waals surface area contributed by atoms with Gasteiger partial charge in [-0.05, 0) is 31.2 Å². The van der Waals surface area contributed by atoms with E-state index >= 15 is 0 Å². The molecule has 20 heavy (non-hydrogen) atoms. The van der Waals surface area contributed by atoms with Gasteiger partial charge in [0.05, 0.1) is 24.2 Å². The summed E-state index contributed by atoms with van der Waals surface area (Å²) in [5.74, 6) is -0.0752. The first-order valence-corrected chi connectivity index (χ1v) is 7.77. The smallest absolute Gasteiger partial charge is 0.294 e. The summed E-state index contributed by atoms with van der Waals surface area (Å²) in [4.78, 5) is 14.1. The number of nitrogens with zero attached hydrogens (tertiary/aromatic N) is 1. The van der Waals surface area contributed by atoms with Crippen LogP contribution < -0.4 is 0 Å². The molecule has 6 nitrogen and oxygen atoms in total. The molecule has 0 saturated carbocycles. The predicted molar refractivity (Wildman–Crippen MR) is 72.4 cm³/mol. The van der Waals surface area contributed by atoms with Crippen LogP contribution >= 0.6 is 0 Å². The molecule has 1 aliphatic rings. The molecule has 2 rings (SSSR count). The van der Waals surface area contributed by atoms with Crippen LogP contribution in [0.3, 0.4) is 0 Å². The van der Waals surface area contributed by atoms with E-state index in [1.54, 1.807) is 0 Å². The average Bonchev–Trinajstić information content (AvgIpc) is 2.46. The highest BCUT2D eigenvalue weighted by atomic mass is 32.2. The zero-order valence-corrected chi connectivity index (χ0v) is 12.0. The number of ketones is 1. The number of carbonyl (C=O) groups excluding carboxylic acids is 1. The minimum atomic E-state index is -4.22. The van der Waals surface area contributed by atoms with E-state index in [0.29, 0.717) is 31.9 Å². The second kappa shape index (κ2) is 6.01. The summed E-state index contributed by atoms with van der Waals surface area (Å²) in [7, 11) is -4.22. The quantitative estimate of drug-likeness (QED) is 0.655. The maximum Gasteiger partial charge on any atom is 0.294 e.